The van der Waals surface area contributed by atoms with Crippen molar-refractivity contribution in [3.05, 3.63) is 0 Å². The van der Waals surface area contributed by atoms with Crippen LogP contribution < -0.4 is 0 Å². The first-order valence-electron chi connectivity index (χ1n) is 8.34. The monoisotopic (exact) mass is 334 g/mol. The molecule has 0 aromatic rings. The van der Waals surface area contributed by atoms with Gasteiger partial charge < -0.3 is 22.8 Å². The minimum absolute atomic E-state index is 0.0766. The molecule has 7 heteroatoms. The molecule has 1 unspecified atom stereocenters. The Morgan fingerprint density at radius 2 is 1.77 bits per heavy atom. The van der Waals surface area contributed by atoms with Crippen molar-refractivity contribution in [2.75, 3.05) is 33.0 Å². The zero-order valence-corrected chi connectivity index (χ0v) is 15.1. The molecule has 0 spiro atoms. The third-order valence-electron chi connectivity index (χ3n) is 3.41. The topological polar surface area (TPSA) is 63.2 Å². The first-order chi connectivity index (χ1) is 10.7. The smallest absolute Gasteiger partial charge is 0.463 e. The van der Waals surface area contributed by atoms with Crippen molar-refractivity contribution in [3.63, 3.8) is 0 Å². The number of ether oxygens (including phenoxy) is 2. The number of hydrogen-bond acceptors (Lipinski definition) is 6. The maximum atomic E-state index is 11.8. The predicted octanol–water partition coefficient (Wildman–Crippen LogP) is 2.54. The molecule has 0 N–H and O–H groups in total. The zero-order valence-electron chi connectivity index (χ0n) is 14.1. The molecule has 0 radical (unpaired) electrons. The molecule has 0 saturated carbocycles. The fourth-order valence-corrected chi connectivity index (χ4v) is 5.10. The first kappa shape index (κ1) is 19.6. The Labute approximate surface area is 134 Å². The lowest BCUT2D eigenvalue weighted by atomic mass is 10.2. The normalized spacial score (nSPS) is 18.6. The van der Waals surface area contributed by atoms with E-state index in [1.165, 1.54) is 0 Å². The summed E-state index contributed by atoms with van der Waals surface area (Å²) in [5.74, 6) is -0.192. The summed E-state index contributed by atoms with van der Waals surface area (Å²) in [5.41, 5.74) is 0. The molecule has 1 heterocycles. The van der Waals surface area contributed by atoms with Crippen LogP contribution in [-0.2, 0) is 27.5 Å². The highest BCUT2D eigenvalue weighted by molar-refractivity contribution is 6.60. The van der Waals surface area contributed by atoms with E-state index in [-0.39, 0.29) is 12.1 Å². The van der Waals surface area contributed by atoms with E-state index in [0.29, 0.717) is 45.3 Å². The molecule has 0 aliphatic carbocycles. The molecule has 0 aromatic carbocycles. The third-order valence-corrected chi connectivity index (χ3v) is 6.56. The van der Waals surface area contributed by atoms with Gasteiger partial charge in [0.1, 0.15) is 6.61 Å². The SMILES string of the molecule is CCO[Si](CCCC(=O)OCC1CCCO1)(OCC)OCC. The minimum atomic E-state index is -2.64. The number of carbonyl (C=O) groups excluding carboxylic acids is 1. The zero-order chi connectivity index (χ0) is 16.3. The summed E-state index contributed by atoms with van der Waals surface area (Å²) in [6.07, 6.45) is 3.11. The number of rotatable bonds is 12. The molecular formula is C15H30O6Si. The van der Waals surface area contributed by atoms with Gasteiger partial charge in [0, 0.05) is 38.9 Å². The Kier molecular flexibility index (Phi) is 9.90. The van der Waals surface area contributed by atoms with Crippen LogP contribution in [0.4, 0.5) is 0 Å². The van der Waals surface area contributed by atoms with E-state index in [0.717, 1.165) is 19.4 Å². The average molecular weight is 334 g/mol. The Bertz CT molecular complexity index is 289. The minimum Gasteiger partial charge on any atom is -0.463 e. The van der Waals surface area contributed by atoms with Crippen LogP contribution in [0.15, 0.2) is 0 Å². The Morgan fingerprint density at radius 3 is 2.27 bits per heavy atom. The van der Waals surface area contributed by atoms with Crippen molar-refractivity contribution in [1.29, 1.82) is 0 Å². The Morgan fingerprint density at radius 1 is 1.14 bits per heavy atom. The van der Waals surface area contributed by atoms with Gasteiger partial charge in [-0.1, -0.05) is 0 Å². The summed E-state index contributed by atoms with van der Waals surface area (Å²) >= 11 is 0. The number of hydrogen-bond donors (Lipinski definition) is 0. The highest BCUT2D eigenvalue weighted by atomic mass is 28.4. The van der Waals surface area contributed by atoms with Crippen LogP contribution in [0.1, 0.15) is 46.5 Å². The van der Waals surface area contributed by atoms with E-state index < -0.39 is 8.80 Å². The van der Waals surface area contributed by atoms with Crippen LogP contribution in [0.3, 0.4) is 0 Å². The van der Waals surface area contributed by atoms with Gasteiger partial charge in [0.05, 0.1) is 6.10 Å². The van der Waals surface area contributed by atoms with Gasteiger partial charge in [0.25, 0.3) is 0 Å². The molecule has 1 aliphatic rings. The summed E-state index contributed by atoms with van der Waals surface area (Å²) in [6.45, 7) is 8.57. The first-order valence-corrected chi connectivity index (χ1v) is 10.3. The van der Waals surface area contributed by atoms with Gasteiger partial charge in [0.2, 0.25) is 0 Å². The second-order valence-electron chi connectivity index (χ2n) is 5.15. The van der Waals surface area contributed by atoms with E-state index in [2.05, 4.69) is 0 Å². The summed E-state index contributed by atoms with van der Waals surface area (Å²) in [4.78, 5) is 11.8. The maximum Gasteiger partial charge on any atom is 0.500 e. The maximum absolute atomic E-state index is 11.8. The lowest BCUT2D eigenvalue weighted by Gasteiger charge is -2.28. The van der Waals surface area contributed by atoms with E-state index in [9.17, 15) is 4.79 Å². The van der Waals surface area contributed by atoms with E-state index in [1.54, 1.807) is 0 Å². The van der Waals surface area contributed by atoms with Crippen molar-refractivity contribution in [2.45, 2.75) is 58.6 Å². The van der Waals surface area contributed by atoms with Gasteiger partial charge in [-0.25, -0.2) is 0 Å². The lowest BCUT2D eigenvalue weighted by molar-refractivity contribution is -0.146. The molecular weight excluding hydrogens is 304 g/mol. The molecule has 1 atom stereocenters. The Balaban J connectivity index is 2.28. The predicted molar refractivity (Wildman–Crippen MR) is 84.6 cm³/mol. The van der Waals surface area contributed by atoms with Crippen molar-refractivity contribution < 1.29 is 27.5 Å². The second kappa shape index (κ2) is 11.1. The van der Waals surface area contributed by atoms with Crippen molar-refractivity contribution in [3.8, 4) is 0 Å². The lowest BCUT2D eigenvalue weighted by Crippen LogP contribution is -2.46. The summed E-state index contributed by atoms with van der Waals surface area (Å²) in [5, 5.41) is 0. The van der Waals surface area contributed by atoms with Crippen LogP contribution in [0.5, 0.6) is 0 Å². The summed E-state index contributed by atoms with van der Waals surface area (Å²) < 4.78 is 27.9. The van der Waals surface area contributed by atoms with E-state index in [1.807, 2.05) is 20.8 Å². The van der Waals surface area contributed by atoms with E-state index in [4.69, 9.17) is 22.8 Å². The second-order valence-corrected chi connectivity index (χ2v) is 7.89. The van der Waals surface area contributed by atoms with Crippen LogP contribution in [0.25, 0.3) is 0 Å². The van der Waals surface area contributed by atoms with Crippen molar-refractivity contribution in [2.24, 2.45) is 0 Å². The van der Waals surface area contributed by atoms with Gasteiger partial charge in [-0.3, -0.25) is 4.79 Å². The Hall–Kier alpha value is -0.473. The molecule has 1 rings (SSSR count). The molecule has 1 saturated heterocycles. The standard InChI is InChI=1S/C15H30O6Si/c1-4-19-22(20-5-2,21-6-3)12-8-10-15(16)18-13-14-9-7-11-17-14/h14H,4-13H2,1-3H3. The highest BCUT2D eigenvalue weighted by Crippen LogP contribution is 2.20. The molecule has 130 valence electrons. The van der Waals surface area contributed by atoms with Crippen LogP contribution in [-0.4, -0.2) is 53.9 Å². The molecule has 1 aliphatic heterocycles. The molecule has 0 aromatic heterocycles. The molecule has 6 nitrogen and oxygen atoms in total. The quantitative estimate of drug-likeness (QED) is 0.404. The van der Waals surface area contributed by atoms with Gasteiger partial charge in [-0.05, 0) is 40.0 Å². The van der Waals surface area contributed by atoms with Gasteiger partial charge >= 0.3 is 14.8 Å². The van der Waals surface area contributed by atoms with Crippen LogP contribution >= 0.6 is 0 Å². The van der Waals surface area contributed by atoms with Gasteiger partial charge in [-0.2, -0.15) is 0 Å². The number of esters is 1. The fraction of sp³-hybridized carbons (Fsp3) is 0.933. The van der Waals surface area contributed by atoms with Crippen LogP contribution in [0, 0.1) is 0 Å². The van der Waals surface area contributed by atoms with E-state index >= 15 is 0 Å². The summed E-state index contributed by atoms with van der Waals surface area (Å²) in [6, 6.07) is 0.636. The van der Waals surface area contributed by atoms with Gasteiger partial charge in [0.15, 0.2) is 0 Å². The molecule has 0 bridgehead atoms. The average Bonchev–Trinajstić information content (AvgIpc) is 2.99. The largest absolute Gasteiger partial charge is 0.500 e. The van der Waals surface area contributed by atoms with Crippen molar-refractivity contribution >= 4 is 14.8 Å². The van der Waals surface area contributed by atoms with Gasteiger partial charge in [-0.15, -0.1) is 0 Å². The van der Waals surface area contributed by atoms with Crippen molar-refractivity contribution in [1.82, 2.24) is 0 Å². The highest BCUT2D eigenvalue weighted by Gasteiger charge is 2.39. The molecule has 1 fully saturated rings. The molecule has 0 amide bonds. The summed E-state index contributed by atoms with van der Waals surface area (Å²) in [7, 11) is -2.64. The number of carbonyl (C=O) groups is 1. The van der Waals surface area contributed by atoms with Crippen LogP contribution in [0.2, 0.25) is 6.04 Å². The third kappa shape index (κ3) is 7.19. The molecule has 22 heavy (non-hydrogen) atoms. The fourth-order valence-electron chi connectivity index (χ4n) is 2.48.